The number of fused-ring (bicyclic) bond motifs is 2. The Hall–Kier alpha value is -4.18. The lowest BCUT2D eigenvalue weighted by Gasteiger charge is -2.32. The van der Waals surface area contributed by atoms with E-state index in [9.17, 15) is 0 Å². The summed E-state index contributed by atoms with van der Waals surface area (Å²) < 4.78 is 0. The Morgan fingerprint density at radius 1 is 0.778 bits per heavy atom. The van der Waals surface area contributed by atoms with Gasteiger partial charge in [-0.3, -0.25) is 0 Å². The topological polar surface area (TPSA) is 43.1 Å². The molecule has 1 aliphatic heterocycles. The Morgan fingerprint density at radius 3 is 2.42 bits per heavy atom. The molecule has 2 heterocycles. The molecule has 0 aliphatic carbocycles. The summed E-state index contributed by atoms with van der Waals surface area (Å²) in [4.78, 5) is 5.71. The van der Waals surface area contributed by atoms with Gasteiger partial charge < -0.3 is 20.5 Å². The summed E-state index contributed by atoms with van der Waals surface area (Å²) in [5.74, 6) is 0. The summed E-state index contributed by atoms with van der Waals surface area (Å²) in [6.45, 7) is 5.52. The van der Waals surface area contributed by atoms with Crippen molar-refractivity contribution in [1.29, 1.82) is 0 Å². The maximum absolute atomic E-state index is 3.66. The van der Waals surface area contributed by atoms with Crippen molar-refractivity contribution in [2.75, 3.05) is 22.1 Å². The molecule has 4 heteroatoms. The van der Waals surface area contributed by atoms with Crippen molar-refractivity contribution < 1.29 is 0 Å². The lowest BCUT2D eigenvalue weighted by molar-refractivity contribution is 0.772. The van der Waals surface area contributed by atoms with Gasteiger partial charge in [-0.15, -0.1) is 0 Å². The van der Waals surface area contributed by atoms with Crippen LogP contribution in [0.5, 0.6) is 0 Å². The zero-order chi connectivity index (χ0) is 24.5. The summed E-state index contributed by atoms with van der Waals surface area (Å²) in [6, 6.07) is 35.6. The minimum Gasteiger partial charge on any atom is -0.384 e. The van der Waals surface area contributed by atoms with Crippen molar-refractivity contribution in [1.82, 2.24) is 4.98 Å². The van der Waals surface area contributed by atoms with Crippen LogP contribution in [0.3, 0.4) is 0 Å². The number of H-pyrrole nitrogens is 1. The molecule has 4 nitrogen and oxygen atoms in total. The van der Waals surface area contributed by atoms with Gasteiger partial charge in [0.1, 0.15) is 0 Å². The van der Waals surface area contributed by atoms with Gasteiger partial charge in [0.25, 0.3) is 0 Å². The predicted octanol–water partition coefficient (Wildman–Crippen LogP) is 8.21. The molecule has 1 aromatic heterocycles. The van der Waals surface area contributed by atoms with Gasteiger partial charge in [-0.1, -0.05) is 42.5 Å². The van der Waals surface area contributed by atoms with E-state index in [1.165, 1.54) is 39.1 Å². The molecule has 3 N–H and O–H groups in total. The predicted molar refractivity (Wildman–Crippen MR) is 152 cm³/mol. The van der Waals surface area contributed by atoms with Crippen LogP contribution in [-0.4, -0.2) is 11.5 Å². The summed E-state index contributed by atoms with van der Waals surface area (Å²) >= 11 is 0. The van der Waals surface area contributed by atoms with E-state index in [0.29, 0.717) is 0 Å². The molecule has 0 saturated heterocycles. The number of nitrogens with zero attached hydrogens (tertiary/aromatic N) is 1. The number of anilines is 4. The van der Waals surface area contributed by atoms with Crippen LogP contribution in [0, 0.1) is 0 Å². The molecule has 0 fully saturated rings. The quantitative estimate of drug-likeness (QED) is 0.224. The van der Waals surface area contributed by atoms with Crippen molar-refractivity contribution >= 4 is 33.7 Å². The van der Waals surface area contributed by atoms with E-state index in [-0.39, 0.29) is 12.1 Å². The molecule has 0 amide bonds. The molecular formula is C32H32N4. The van der Waals surface area contributed by atoms with Gasteiger partial charge in [0.05, 0.1) is 6.04 Å². The molecule has 6 rings (SSSR count). The highest BCUT2D eigenvalue weighted by molar-refractivity contribution is 5.83. The van der Waals surface area contributed by atoms with Crippen LogP contribution in [0.4, 0.5) is 22.7 Å². The van der Waals surface area contributed by atoms with Crippen LogP contribution >= 0.6 is 0 Å². The highest BCUT2D eigenvalue weighted by atomic mass is 15.2. The standard InChI is InChI=1S/C32H32N4/c1-22(35-28-10-14-31-26(20-28)16-18-33-31)24-8-11-29(12-9-24)36(23(2)25-6-4-3-5-7-25)30-13-15-32-27(21-30)17-19-34-32/h3-16,18,20-23,33-35H,17,19H2,1-2H3. The largest absolute Gasteiger partial charge is 0.384 e. The van der Waals surface area contributed by atoms with E-state index < -0.39 is 0 Å². The highest BCUT2D eigenvalue weighted by Gasteiger charge is 2.21. The Balaban J connectivity index is 1.29. The van der Waals surface area contributed by atoms with E-state index in [0.717, 1.165) is 24.2 Å². The lowest BCUT2D eigenvalue weighted by Crippen LogP contribution is -2.21. The van der Waals surface area contributed by atoms with E-state index in [2.05, 4.69) is 131 Å². The molecule has 0 saturated carbocycles. The molecule has 0 spiro atoms. The number of nitrogens with one attached hydrogen (secondary N) is 3. The third-order valence-corrected chi connectivity index (χ3v) is 7.35. The smallest absolute Gasteiger partial charge is 0.0563 e. The number of hydrogen-bond donors (Lipinski definition) is 3. The van der Waals surface area contributed by atoms with Crippen molar-refractivity contribution in [3.05, 3.63) is 120 Å². The van der Waals surface area contributed by atoms with Gasteiger partial charge in [0, 0.05) is 52.4 Å². The van der Waals surface area contributed by atoms with Crippen LogP contribution in [0.25, 0.3) is 10.9 Å². The molecule has 180 valence electrons. The van der Waals surface area contributed by atoms with Gasteiger partial charge in [-0.25, -0.2) is 0 Å². The second-order valence-corrected chi connectivity index (χ2v) is 9.71. The van der Waals surface area contributed by atoms with Crippen LogP contribution in [0.2, 0.25) is 0 Å². The molecule has 2 atom stereocenters. The molecule has 0 radical (unpaired) electrons. The summed E-state index contributed by atoms with van der Waals surface area (Å²) in [5, 5.41) is 8.37. The van der Waals surface area contributed by atoms with Crippen molar-refractivity contribution in [2.45, 2.75) is 32.4 Å². The minimum atomic E-state index is 0.196. The van der Waals surface area contributed by atoms with Gasteiger partial charge in [-0.2, -0.15) is 0 Å². The number of hydrogen-bond acceptors (Lipinski definition) is 3. The first-order chi connectivity index (χ1) is 17.7. The molecule has 0 bridgehead atoms. The fourth-order valence-electron chi connectivity index (χ4n) is 5.32. The van der Waals surface area contributed by atoms with Crippen LogP contribution in [-0.2, 0) is 6.42 Å². The molecular weight excluding hydrogens is 440 g/mol. The van der Waals surface area contributed by atoms with Crippen LogP contribution in [0.1, 0.15) is 42.6 Å². The average Bonchev–Trinajstić information content (AvgIpc) is 3.58. The van der Waals surface area contributed by atoms with Crippen molar-refractivity contribution in [3.8, 4) is 0 Å². The Labute approximate surface area is 213 Å². The highest BCUT2D eigenvalue weighted by Crippen LogP contribution is 2.38. The molecule has 5 aromatic rings. The van der Waals surface area contributed by atoms with Gasteiger partial charge in [0.15, 0.2) is 0 Å². The molecule has 1 aliphatic rings. The van der Waals surface area contributed by atoms with E-state index in [1.54, 1.807) is 0 Å². The number of aromatic amines is 1. The molecule has 2 unspecified atom stereocenters. The SMILES string of the molecule is CC(Nc1ccc2[nH]ccc2c1)c1ccc(N(c2ccc3c(c2)CCN3)C(C)c2ccccc2)cc1. The number of rotatable bonds is 7. The third-order valence-electron chi connectivity index (χ3n) is 7.35. The monoisotopic (exact) mass is 472 g/mol. The average molecular weight is 473 g/mol. The van der Waals surface area contributed by atoms with Crippen LogP contribution < -0.4 is 15.5 Å². The zero-order valence-electron chi connectivity index (χ0n) is 20.8. The van der Waals surface area contributed by atoms with Crippen molar-refractivity contribution in [3.63, 3.8) is 0 Å². The Morgan fingerprint density at radius 2 is 1.58 bits per heavy atom. The van der Waals surface area contributed by atoms with Crippen molar-refractivity contribution in [2.24, 2.45) is 0 Å². The number of aromatic nitrogens is 1. The fourth-order valence-corrected chi connectivity index (χ4v) is 5.32. The molecule has 36 heavy (non-hydrogen) atoms. The summed E-state index contributed by atoms with van der Waals surface area (Å²) in [6.07, 6.45) is 3.06. The van der Waals surface area contributed by atoms with Crippen LogP contribution in [0.15, 0.2) is 103 Å². The lowest BCUT2D eigenvalue weighted by atomic mass is 10.0. The maximum atomic E-state index is 3.66. The Kier molecular flexibility index (Phi) is 5.86. The third kappa shape index (κ3) is 4.31. The second kappa shape index (κ2) is 9.46. The number of benzene rings is 4. The zero-order valence-corrected chi connectivity index (χ0v) is 20.8. The summed E-state index contributed by atoms with van der Waals surface area (Å²) in [7, 11) is 0. The van der Waals surface area contributed by atoms with E-state index >= 15 is 0 Å². The Bertz CT molecular complexity index is 1470. The first-order valence-electron chi connectivity index (χ1n) is 12.8. The normalized spacial score (nSPS) is 14.2. The molecule has 4 aromatic carbocycles. The van der Waals surface area contributed by atoms with Gasteiger partial charge in [0.2, 0.25) is 0 Å². The first-order valence-corrected chi connectivity index (χ1v) is 12.8. The van der Waals surface area contributed by atoms with E-state index in [1.807, 2.05) is 6.20 Å². The summed E-state index contributed by atoms with van der Waals surface area (Å²) in [5.41, 5.74) is 9.94. The van der Waals surface area contributed by atoms with Gasteiger partial charge in [-0.05, 0) is 91.6 Å². The fraction of sp³-hybridized carbons (Fsp3) is 0.188. The first kappa shape index (κ1) is 22.3. The second-order valence-electron chi connectivity index (χ2n) is 9.71. The minimum absolute atomic E-state index is 0.196. The van der Waals surface area contributed by atoms with E-state index in [4.69, 9.17) is 0 Å². The van der Waals surface area contributed by atoms with Gasteiger partial charge >= 0.3 is 0 Å². The maximum Gasteiger partial charge on any atom is 0.0563 e.